The van der Waals surface area contributed by atoms with Crippen molar-refractivity contribution in [3.05, 3.63) is 102 Å². The van der Waals surface area contributed by atoms with Gasteiger partial charge in [-0.15, -0.1) is 0 Å². The summed E-state index contributed by atoms with van der Waals surface area (Å²) in [5, 5.41) is 48.5. The third-order valence-electron chi connectivity index (χ3n) is 11.8. The summed E-state index contributed by atoms with van der Waals surface area (Å²) in [5.41, 5.74) is 14.2. The molecule has 0 radical (unpaired) electrons. The van der Waals surface area contributed by atoms with Crippen LogP contribution in [0.5, 0.6) is 5.75 Å². The van der Waals surface area contributed by atoms with Gasteiger partial charge in [0.05, 0.1) is 12.5 Å². The average Bonchev–Trinajstić information content (AvgIpc) is 3.76. The second kappa shape index (κ2) is 27.6. The third-order valence-corrected chi connectivity index (χ3v) is 14.2. The Labute approximate surface area is 428 Å². The number of benzene rings is 3. The van der Waals surface area contributed by atoms with E-state index in [1.165, 1.54) is 24.3 Å². The van der Waals surface area contributed by atoms with Crippen molar-refractivity contribution in [2.75, 3.05) is 18.1 Å². The molecule has 3 aromatic carbocycles. The van der Waals surface area contributed by atoms with Crippen LogP contribution in [0.1, 0.15) is 49.8 Å². The van der Waals surface area contributed by atoms with E-state index < -0.39 is 114 Å². The van der Waals surface area contributed by atoms with Crippen LogP contribution in [-0.2, 0) is 62.4 Å². The van der Waals surface area contributed by atoms with Crippen LogP contribution in [0, 0.1) is 5.92 Å². The number of amides is 7. The number of aliphatic carboxylic acids is 2. The first-order valence-corrected chi connectivity index (χ1v) is 26.0. The fourth-order valence-corrected chi connectivity index (χ4v) is 10.1. The monoisotopic (exact) mass is 1050 g/mol. The van der Waals surface area contributed by atoms with Crippen molar-refractivity contribution in [1.82, 2.24) is 42.2 Å². The molecule has 5 rings (SSSR count). The van der Waals surface area contributed by atoms with Gasteiger partial charge in [0, 0.05) is 47.9 Å². The van der Waals surface area contributed by atoms with Gasteiger partial charge >= 0.3 is 11.9 Å². The Morgan fingerprint density at radius 1 is 0.699 bits per heavy atom. The fraction of sp³-hybridized carbons (Fsp3) is 0.408. The molecule has 7 amide bonds. The molecule has 1 aliphatic rings. The second-order valence-electron chi connectivity index (χ2n) is 17.8. The summed E-state index contributed by atoms with van der Waals surface area (Å²) in [6.45, 7) is 3.24. The quantitative estimate of drug-likeness (QED) is 0.0618. The highest BCUT2D eigenvalue weighted by molar-refractivity contribution is 8.76. The van der Waals surface area contributed by atoms with Crippen molar-refractivity contribution in [1.29, 1.82) is 0 Å². The van der Waals surface area contributed by atoms with Gasteiger partial charge in [-0.1, -0.05) is 96.1 Å². The van der Waals surface area contributed by atoms with Crippen molar-refractivity contribution in [2.45, 2.75) is 101 Å². The van der Waals surface area contributed by atoms with E-state index in [4.69, 9.17) is 11.5 Å². The van der Waals surface area contributed by atoms with Crippen LogP contribution in [0.3, 0.4) is 0 Å². The zero-order valence-electron chi connectivity index (χ0n) is 40.1. The molecule has 0 saturated carbocycles. The Morgan fingerprint density at radius 3 is 1.86 bits per heavy atom. The number of aromatic hydroxyl groups is 1. The lowest BCUT2D eigenvalue weighted by Gasteiger charge is -2.29. The Hall–Kier alpha value is -7.15. The van der Waals surface area contributed by atoms with Crippen LogP contribution in [0.4, 0.5) is 0 Å². The summed E-state index contributed by atoms with van der Waals surface area (Å²) in [6, 6.07) is 10.0. The number of H-pyrrole nitrogens is 1. The predicted octanol–water partition coefficient (Wildman–Crippen LogP) is -0.0285. The fourth-order valence-electron chi connectivity index (χ4n) is 7.74. The standard InChI is InChI=1S/C49H62N10O12S2/c1-26(2)41(49(70)71)59-48(69)39-25-73-72-24-38(57-42(63)32(51)22-40(61)62)47(68)55-35(19-27-9-4-3-5-10-27)44(65)56-37(21-29-23-52-33-12-7-6-11-31(29)33)46(67)53-34(13-8-18-50)43(64)54-36(45(66)58-39)20-28-14-16-30(60)17-15-28/h3-7,9-12,14-17,23,26,32,34-39,41,52,60H,8,13,18-22,24-25,50-51H2,1-2H3,(H,53,67)(H,54,64)(H,55,68)(H,56,65)(H,57,63)(H,58,66)(H,59,69)(H,61,62)(H,70,71)/t32-,34-,35-,36-,37+,38-,39-,41-/m0/s1. The Kier molecular flexibility index (Phi) is 21.5. The summed E-state index contributed by atoms with van der Waals surface area (Å²) < 4.78 is 0. The van der Waals surface area contributed by atoms with Crippen LogP contribution in [0.15, 0.2) is 85.1 Å². The number of hydrogen-bond acceptors (Lipinski definition) is 14. The summed E-state index contributed by atoms with van der Waals surface area (Å²) >= 11 is 0. The van der Waals surface area contributed by atoms with Crippen molar-refractivity contribution in [3.63, 3.8) is 0 Å². The highest BCUT2D eigenvalue weighted by atomic mass is 33.1. The number of nitrogens with one attached hydrogen (secondary N) is 8. The number of nitrogens with two attached hydrogens (primary N) is 2. The number of hydrogen-bond donors (Lipinski definition) is 13. The minimum atomic E-state index is -1.59. The van der Waals surface area contributed by atoms with Crippen LogP contribution in [0.2, 0.25) is 0 Å². The summed E-state index contributed by atoms with van der Waals surface area (Å²) in [7, 11) is 1.88. The molecule has 22 nitrogen and oxygen atoms in total. The van der Waals surface area contributed by atoms with Gasteiger partial charge in [0.15, 0.2) is 0 Å². The lowest BCUT2D eigenvalue weighted by Crippen LogP contribution is -2.61. The molecule has 1 aromatic heterocycles. The number of rotatable bonds is 17. The van der Waals surface area contributed by atoms with E-state index in [-0.39, 0.29) is 55.9 Å². The number of carboxylic acid groups (broad SMARTS) is 2. The molecule has 0 spiro atoms. The van der Waals surface area contributed by atoms with Crippen LogP contribution >= 0.6 is 21.6 Å². The maximum absolute atomic E-state index is 14.7. The van der Waals surface area contributed by atoms with Crippen molar-refractivity contribution in [2.24, 2.45) is 17.4 Å². The number of carboxylic acids is 2. The molecule has 15 N–H and O–H groups in total. The first-order valence-electron chi connectivity index (χ1n) is 23.5. The molecule has 392 valence electrons. The number of para-hydroxylation sites is 1. The Morgan fingerprint density at radius 2 is 1.25 bits per heavy atom. The molecule has 73 heavy (non-hydrogen) atoms. The summed E-state index contributed by atoms with van der Waals surface area (Å²) in [4.78, 5) is 127. The lowest BCUT2D eigenvalue weighted by atomic mass is 10.0. The molecule has 1 aliphatic heterocycles. The molecule has 4 aromatic rings. The van der Waals surface area contributed by atoms with Crippen LogP contribution < -0.4 is 48.7 Å². The van der Waals surface area contributed by atoms with Gasteiger partial charge in [-0.2, -0.15) is 0 Å². The number of carbonyl (C=O) groups excluding carboxylic acids is 7. The molecular formula is C49H62N10O12S2. The van der Waals surface area contributed by atoms with E-state index in [0.29, 0.717) is 16.7 Å². The molecule has 1 saturated heterocycles. The minimum Gasteiger partial charge on any atom is -0.508 e. The third kappa shape index (κ3) is 17.3. The highest BCUT2D eigenvalue weighted by Gasteiger charge is 2.36. The summed E-state index contributed by atoms with van der Waals surface area (Å²) in [5.74, 6) is -10.2. The average molecular weight is 1050 g/mol. The zero-order valence-corrected chi connectivity index (χ0v) is 41.8. The number of phenols is 1. The number of aromatic nitrogens is 1. The van der Waals surface area contributed by atoms with E-state index in [2.05, 4.69) is 42.2 Å². The van der Waals surface area contributed by atoms with E-state index in [9.17, 15) is 58.5 Å². The molecule has 0 bridgehead atoms. The maximum atomic E-state index is 14.7. The number of fused-ring (bicyclic) bond motifs is 1. The lowest BCUT2D eigenvalue weighted by molar-refractivity contribution is -0.143. The molecule has 0 unspecified atom stereocenters. The number of carbonyl (C=O) groups is 9. The van der Waals surface area contributed by atoms with Gasteiger partial charge in [-0.3, -0.25) is 38.4 Å². The topological polar surface area (TPSA) is 366 Å². The van der Waals surface area contributed by atoms with E-state index in [1.807, 2.05) is 18.2 Å². The smallest absolute Gasteiger partial charge is 0.326 e. The minimum absolute atomic E-state index is 0.0318. The molecule has 0 aliphatic carbocycles. The van der Waals surface area contributed by atoms with Crippen molar-refractivity contribution in [3.8, 4) is 5.75 Å². The maximum Gasteiger partial charge on any atom is 0.326 e. The van der Waals surface area contributed by atoms with Gasteiger partial charge in [0.1, 0.15) is 48.0 Å². The van der Waals surface area contributed by atoms with Gasteiger partial charge in [-0.25, -0.2) is 4.79 Å². The van der Waals surface area contributed by atoms with Gasteiger partial charge < -0.3 is 69.0 Å². The van der Waals surface area contributed by atoms with Gasteiger partial charge in [-0.05, 0) is 60.2 Å². The SMILES string of the molecule is CC(C)[C@H](NC(=O)[C@@H]1CSSC[C@H](NC(=O)[C@@H](N)CC(=O)O)C(=O)N[C@@H](Cc2ccccc2)C(=O)N[C@H](Cc2c[nH]c3ccccc23)C(=O)N[C@@H](CCCN)C(=O)N[C@@H](Cc2ccc(O)cc2)C(=O)N1)C(=O)O. The van der Waals surface area contributed by atoms with Gasteiger partial charge in [0.2, 0.25) is 41.4 Å². The molecular weight excluding hydrogens is 985 g/mol. The van der Waals surface area contributed by atoms with E-state index in [1.54, 1.807) is 56.4 Å². The van der Waals surface area contributed by atoms with Crippen LogP contribution in [-0.4, -0.2) is 140 Å². The number of phenolic OH excluding ortho intramolecular Hbond substituents is 1. The predicted molar refractivity (Wildman–Crippen MR) is 273 cm³/mol. The van der Waals surface area contributed by atoms with Crippen LogP contribution in [0.25, 0.3) is 10.9 Å². The summed E-state index contributed by atoms with van der Waals surface area (Å²) in [6.07, 6.45) is 0.636. The van der Waals surface area contributed by atoms with E-state index >= 15 is 0 Å². The Bertz CT molecular complexity index is 2580. The normalized spacial score (nSPS) is 21.6. The molecule has 1 fully saturated rings. The largest absolute Gasteiger partial charge is 0.508 e. The van der Waals surface area contributed by atoms with Crippen molar-refractivity contribution < 1.29 is 58.5 Å². The highest BCUT2D eigenvalue weighted by Crippen LogP contribution is 2.25. The first-order chi connectivity index (χ1) is 34.8. The molecule has 2 heterocycles. The zero-order chi connectivity index (χ0) is 53.2. The first kappa shape index (κ1) is 56.8. The van der Waals surface area contributed by atoms with E-state index in [0.717, 1.165) is 32.5 Å². The molecule has 8 atom stereocenters. The van der Waals surface area contributed by atoms with Crippen molar-refractivity contribution >= 4 is 85.8 Å². The Balaban J connectivity index is 1.61. The number of aromatic amines is 1. The van der Waals surface area contributed by atoms with Gasteiger partial charge in [0.25, 0.3) is 0 Å². The molecule has 24 heteroatoms. The second-order valence-corrected chi connectivity index (χ2v) is 20.3.